The van der Waals surface area contributed by atoms with E-state index in [0.29, 0.717) is 5.75 Å². The van der Waals surface area contributed by atoms with Gasteiger partial charge in [0.1, 0.15) is 18.1 Å². The van der Waals surface area contributed by atoms with Crippen LogP contribution in [0.1, 0.15) is 15.9 Å². The molecule has 0 bridgehead atoms. The highest BCUT2D eigenvalue weighted by atomic mass is 16.5. The summed E-state index contributed by atoms with van der Waals surface area (Å²) in [6.45, 7) is 0.235. The van der Waals surface area contributed by atoms with Gasteiger partial charge in [-0.3, -0.25) is 4.98 Å². The lowest BCUT2D eigenvalue weighted by Gasteiger charge is -2.06. The van der Waals surface area contributed by atoms with Crippen LogP contribution in [0.3, 0.4) is 0 Å². The maximum atomic E-state index is 10.7. The number of hydrogen-bond donors (Lipinski definition) is 2. The summed E-state index contributed by atoms with van der Waals surface area (Å²) in [5, 5.41) is 18.1. The summed E-state index contributed by atoms with van der Waals surface area (Å²) in [5.41, 5.74) is 0.860. The van der Waals surface area contributed by atoms with Crippen LogP contribution in [0.2, 0.25) is 0 Å². The number of carboxylic acids is 1. The van der Waals surface area contributed by atoms with E-state index in [2.05, 4.69) is 4.98 Å². The first kappa shape index (κ1) is 11.9. The van der Waals surface area contributed by atoms with Gasteiger partial charge in [-0.05, 0) is 23.8 Å². The lowest BCUT2D eigenvalue weighted by atomic mass is 10.2. The average molecular weight is 245 g/mol. The fraction of sp³-hybridized carbons (Fsp3) is 0.0769. The Morgan fingerprint density at radius 1 is 1.28 bits per heavy atom. The molecule has 0 saturated heterocycles. The number of phenolic OH excluding ortho intramolecular Hbond substituents is 1. The van der Waals surface area contributed by atoms with Crippen molar-refractivity contribution in [1.82, 2.24) is 4.98 Å². The van der Waals surface area contributed by atoms with E-state index < -0.39 is 5.97 Å². The van der Waals surface area contributed by atoms with Crippen LogP contribution in [0.5, 0.6) is 11.5 Å². The van der Waals surface area contributed by atoms with Crippen molar-refractivity contribution in [3.8, 4) is 11.5 Å². The number of rotatable bonds is 4. The van der Waals surface area contributed by atoms with Crippen molar-refractivity contribution in [2.24, 2.45) is 0 Å². The number of aromatic nitrogens is 1. The summed E-state index contributed by atoms with van der Waals surface area (Å²) in [6.07, 6.45) is 2.69. The van der Waals surface area contributed by atoms with Crippen molar-refractivity contribution in [2.75, 3.05) is 0 Å². The van der Waals surface area contributed by atoms with Gasteiger partial charge in [-0.1, -0.05) is 12.1 Å². The predicted octanol–water partition coefficient (Wildman–Crippen LogP) is 2.06. The van der Waals surface area contributed by atoms with Gasteiger partial charge in [-0.15, -0.1) is 0 Å². The monoisotopic (exact) mass is 245 g/mol. The molecule has 2 aromatic rings. The molecule has 5 heteroatoms. The fourth-order valence-electron chi connectivity index (χ4n) is 1.43. The molecule has 0 fully saturated rings. The Morgan fingerprint density at radius 2 is 2.11 bits per heavy atom. The normalized spacial score (nSPS) is 10.0. The third-order valence-electron chi connectivity index (χ3n) is 2.28. The second kappa shape index (κ2) is 5.18. The lowest BCUT2D eigenvalue weighted by molar-refractivity contribution is 0.0696. The third kappa shape index (κ3) is 2.98. The van der Waals surface area contributed by atoms with Gasteiger partial charge in [0.05, 0.1) is 11.8 Å². The summed E-state index contributed by atoms with van der Waals surface area (Å²) in [5.74, 6) is -0.517. The Hall–Kier alpha value is -2.56. The first-order chi connectivity index (χ1) is 8.65. The summed E-state index contributed by atoms with van der Waals surface area (Å²) in [7, 11) is 0. The van der Waals surface area contributed by atoms with Crippen LogP contribution in [0, 0.1) is 0 Å². The fourth-order valence-corrected chi connectivity index (χ4v) is 1.43. The second-order valence-corrected chi connectivity index (χ2v) is 3.67. The van der Waals surface area contributed by atoms with Crippen molar-refractivity contribution in [2.45, 2.75) is 6.61 Å². The molecule has 1 heterocycles. The van der Waals surface area contributed by atoms with E-state index >= 15 is 0 Å². The molecule has 0 aliphatic heterocycles. The Labute approximate surface area is 103 Å². The molecule has 0 amide bonds. The molecule has 0 unspecified atom stereocenters. The molecule has 0 saturated carbocycles. The first-order valence-electron chi connectivity index (χ1n) is 5.24. The van der Waals surface area contributed by atoms with Gasteiger partial charge in [0.2, 0.25) is 0 Å². The van der Waals surface area contributed by atoms with E-state index in [1.807, 2.05) is 0 Å². The van der Waals surface area contributed by atoms with Crippen LogP contribution in [0.4, 0.5) is 0 Å². The summed E-state index contributed by atoms with van der Waals surface area (Å²) in [6, 6.07) is 8.05. The zero-order chi connectivity index (χ0) is 13.0. The Morgan fingerprint density at radius 3 is 2.83 bits per heavy atom. The molecular formula is C13H11NO4. The van der Waals surface area contributed by atoms with Crippen LogP contribution in [0.15, 0.2) is 42.7 Å². The molecule has 92 valence electrons. The van der Waals surface area contributed by atoms with Gasteiger partial charge < -0.3 is 14.9 Å². The van der Waals surface area contributed by atoms with Gasteiger partial charge in [0, 0.05) is 6.20 Å². The minimum absolute atomic E-state index is 0.0726. The number of carboxylic acid groups (broad SMARTS) is 1. The van der Waals surface area contributed by atoms with Crippen LogP contribution in [-0.4, -0.2) is 21.2 Å². The number of aromatic hydroxyl groups is 1. The molecule has 1 aromatic carbocycles. The van der Waals surface area contributed by atoms with Crippen molar-refractivity contribution < 1.29 is 19.7 Å². The lowest BCUT2D eigenvalue weighted by Crippen LogP contribution is -2.00. The van der Waals surface area contributed by atoms with Gasteiger partial charge in [-0.25, -0.2) is 4.79 Å². The van der Waals surface area contributed by atoms with Crippen molar-refractivity contribution >= 4 is 5.97 Å². The highest BCUT2D eigenvalue weighted by Crippen LogP contribution is 2.16. The molecule has 0 aliphatic rings. The predicted molar refractivity (Wildman–Crippen MR) is 63.6 cm³/mol. The number of hydrogen-bond acceptors (Lipinski definition) is 4. The van der Waals surface area contributed by atoms with E-state index in [9.17, 15) is 9.90 Å². The summed E-state index contributed by atoms with van der Waals surface area (Å²) in [4.78, 5) is 14.5. The molecule has 5 nitrogen and oxygen atoms in total. The largest absolute Gasteiger partial charge is 0.508 e. The molecule has 0 atom stereocenters. The molecule has 2 rings (SSSR count). The third-order valence-corrected chi connectivity index (χ3v) is 2.28. The topological polar surface area (TPSA) is 79.7 Å². The molecule has 0 aliphatic carbocycles. The van der Waals surface area contributed by atoms with Crippen molar-refractivity contribution in [3.05, 3.63) is 53.9 Å². The number of carbonyl (C=O) groups is 1. The van der Waals surface area contributed by atoms with Gasteiger partial charge in [0.15, 0.2) is 0 Å². The van der Waals surface area contributed by atoms with E-state index in [1.54, 1.807) is 24.3 Å². The average Bonchev–Trinajstić information content (AvgIpc) is 2.37. The summed E-state index contributed by atoms with van der Waals surface area (Å²) >= 11 is 0. The molecular weight excluding hydrogens is 234 g/mol. The van der Waals surface area contributed by atoms with Crippen LogP contribution in [-0.2, 0) is 6.61 Å². The standard InChI is InChI=1S/C13H11NO4/c15-11-3-1-2-9(4-11)8-18-12-5-10(13(16)17)6-14-7-12/h1-7,15H,8H2,(H,16,17). The van der Waals surface area contributed by atoms with Gasteiger partial charge in [-0.2, -0.15) is 0 Å². The number of nitrogens with zero attached hydrogens (tertiary/aromatic N) is 1. The van der Waals surface area contributed by atoms with Crippen LogP contribution in [0.25, 0.3) is 0 Å². The second-order valence-electron chi connectivity index (χ2n) is 3.67. The van der Waals surface area contributed by atoms with Crippen molar-refractivity contribution in [3.63, 3.8) is 0 Å². The highest BCUT2D eigenvalue weighted by molar-refractivity contribution is 5.87. The van der Waals surface area contributed by atoms with Gasteiger partial charge in [0.25, 0.3) is 0 Å². The van der Waals surface area contributed by atoms with E-state index in [4.69, 9.17) is 9.84 Å². The number of ether oxygens (including phenoxy) is 1. The molecule has 0 spiro atoms. The Balaban J connectivity index is 2.06. The Kier molecular flexibility index (Phi) is 3.43. The minimum atomic E-state index is -1.05. The maximum absolute atomic E-state index is 10.7. The number of phenols is 1. The smallest absolute Gasteiger partial charge is 0.337 e. The zero-order valence-electron chi connectivity index (χ0n) is 9.41. The molecule has 0 radical (unpaired) electrons. The van der Waals surface area contributed by atoms with Crippen molar-refractivity contribution in [1.29, 1.82) is 0 Å². The van der Waals surface area contributed by atoms with Crippen LogP contribution < -0.4 is 4.74 Å². The Bertz CT molecular complexity index is 568. The zero-order valence-corrected chi connectivity index (χ0v) is 9.41. The quantitative estimate of drug-likeness (QED) is 0.861. The summed E-state index contributed by atoms with van der Waals surface area (Å²) < 4.78 is 5.40. The first-order valence-corrected chi connectivity index (χ1v) is 5.24. The number of pyridine rings is 1. The maximum Gasteiger partial charge on any atom is 0.337 e. The minimum Gasteiger partial charge on any atom is -0.508 e. The van der Waals surface area contributed by atoms with E-state index in [1.165, 1.54) is 18.5 Å². The highest BCUT2D eigenvalue weighted by Gasteiger charge is 2.05. The molecule has 2 N–H and O–H groups in total. The SMILES string of the molecule is O=C(O)c1cncc(OCc2cccc(O)c2)c1. The number of benzene rings is 1. The van der Waals surface area contributed by atoms with Gasteiger partial charge >= 0.3 is 5.97 Å². The molecule has 18 heavy (non-hydrogen) atoms. The van der Waals surface area contributed by atoms with E-state index in [-0.39, 0.29) is 17.9 Å². The van der Waals surface area contributed by atoms with E-state index in [0.717, 1.165) is 5.56 Å². The molecule has 1 aromatic heterocycles. The number of aromatic carboxylic acids is 1. The van der Waals surface area contributed by atoms with Crippen LogP contribution >= 0.6 is 0 Å².